The summed E-state index contributed by atoms with van der Waals surface area (Å²) in [6.45, 7) is 7.34. The lowest BCUT2D eigenvalue weighted by Crippen LogP contribution is -2.30. The zero-order valence-electron chi connectivity index (χ0n) is 39.8. The van der Waals surface area contributed by atoms with Crippen LogP contribution in [-0.2, 0) is 23.8 Å². The van der Waals surface area contributed by atoms with Gasteiger partial charge in [-0.1, -0.05) is 180 Å². The van der Waals surface area contributed by atoms with E-state index in [2.05, 4.69) is 154 Å². The monoisotopic (exact) mass is 855 g/mol. The first kappa shape index (κ1) is 58.0. The summed E-state index contributed by atoms with van der Waals surface area (Å²) >= 11 is 0. The van der Waals surface area contributed by atoms with Gasteiger partial charge < -0.3 is 14.2 Å². The fourth-order valence-corrected chi connectivity index (χ4v) is 6.09. The SMILES string of the molecule is CC/C=C\C/C=C\C/C=C\C/C=C\CCCCC(=O)OCC(COCCCCCCCC/C=C\C/C=C\C/C=C\CC)OC(=O)CCCC/C=C\C/C=C\C/C=C\C/C=C\CC. The molecule has 0 bridgehead atoms. The van der Waals surface area contributed by atoms with E-state index in [0.29, 0.717) is 19.4 Å². The fraction of sp³-hybridized carbons (Fsp3) is 0.579. The molecule has 0 heterocycles. The van der Waals surface area contributed by atoms with Gasteiger partial charge in [-0.05, 0) is 128 Å². The number of esters is 2. The number of carbonyl (C=O) groups is 2. The number of hydrogen-bond donors (Lipinski definition) is 0. The normalized spacial score (nSPS) is 13.4. The minimum atomic E-state index is -0.591. The zero-order chi connectivity index (χ0) is 44.9. The Balaban J connectivity index is 4.47. The van der Waals surface area contributed by atoms with E-state index in [1.165, 1.54) is 25.7 Å². The number of unbranched alkanes of at least 4 members (excludes halogenated alkanes) is 10. The third kappa shape index (κ3) is 48.7. The van der Waals surface area contributed by atoms with Crippen LogP contribution >= 0.6 is 0 Å². The van der Waals surface area contributed by atoms with E-state index in [1.807, 2.05) is 0 Å². The summed E-state index contributed by atoms with van der Waals surface area (Å²) in [5.74, 6) is -0.513. The summed E-state index contributed by atoms with van der Waals surface area (Å²) < 4.78 is 17.3. The van der Waals surface area contributed by atoms with E-state index >= 15 is 0 Å². The lowest BCUT2D eigenvalue weighted by Gasteiger charge is -2.18. The highest BCUT2D eigenvalue weighted by molar-refractivity contribution is 5.70. The largest absolute Gasteiger partial charge is 0.462 e. The Labute approximate surface area is 381 Å². The van der Waals surface area contributed by atoms with Crippen LogP contribution in [0.25, 0.3) is 0 Å². The molecule has 0 aromatic carbocycles. The molecular formula is C57H90O5. The van der Waals surface area contributed by atoms with Crippen molar-refractivity contribution in [2.75, 3.05) is 19.8 Å². The van der Waals surface area contributed by atoms with E-state index in [4.69, 9.17) is 14.2 Å². The van der Waals surface area contributed by atoms with E-state index in [1.54, 1.807) is 0 Å². The third-order valence-corrected chi connectivity index (χ3v) is 9.66. The number of allylic oxidation sites excluding steroid dienone is 22. The van der Waals surface area contributed by atoms with Crippen LogP contribution < -0.4 is 0 Å². The molecule has 0 spiro atoms. The predicted molar refractivity (Wildman–Crippen MR) is 269 cm³/mol. The first-order chi connectivity index (χ1) is 30.6. The summed E-state index contributed by atoms with van der Waals surface area (Å²) in [6.07, 6.45) is 73.2. The second kappa shape index (κ2) is 51.4. The smallest absolute Gasteiger partial charge is 0.306 e. The van der Waals surface area contributed by atoms with Crippen LogP contribution in [0.2, 0.25) is 0 Å². The van der Waals surface area contributed by atoms with Crippen molar-refractivity contribution < 1.29 is 23.8 Å². The van der Waals surface area contributed by atoms with Gasteiger partial charge in [0.25, 0.3) is 0 Å². The maximum Gasteiger partial charge on any atom is 0.306 e. The van der Waals surface area contributed by atoms with E-state index in [9.17, 15) is 9.59 Å². The van der Waals surface area contributed by atoms with Crippen LogP contribution in [0.4, 0.5) is 0 Å². The molecule has 62 heavy (non-hydrogen) atoms. The Morgan fingerprint density at radius 2 is 0.677 bits per heavy atom. The van der Waals surface area contributed by atoms with E-state index in [-0.39, 0.29) is 25.2 Å². The van der Waals surface area contributed by atoms with Gasteiger partial charge in [-0.2, -0.15) is 0 Å². The van der Waals surface area contributed by atoms with Gasteiger partial charge in [0.1, 0.15) is 6.61 Å². The third-order valence-electron chi connectivity index (χ3n) is 9.66. The lowest BCUT2D eigenvalue weighted by molar-refractivity contribution is -0.163. The van der Waals surface area contributed by atoms with Crippen LogP contribution in [-0.4, -0.2) is 37.9 Å². The molecule has 0 aromatic rings. The molecule has 0 fully saturated rings. The molecule has 0 aromatic heterocycles. The highest BCUT2D eigenvalue weighted by Gasteiger charge is 2.17. The molecule has 0 aliphatic carbocycles. The summed E-state index contributed by atoms with van der Waals surface area (Å²) in [5, 5.41) is 0. The first-order valence-electron chi connectivity index (χ1n) is 24.7. The molecule has 1 unspecified atom stereocenters. The van der Waals surface area contributed by atoms with Gasteiger partial charge in [0, 0.05) is 19.4 Å². The van der Waals surface area contributed by atoms with Crippen molar-refractivity contribution in [3.05, 3.63) is 134 Å². The molecule has 348 valence electrons. The summed E-state index contributed by atoms with van der Waals surface area (Å²) in [7, 11) is 0. The molecule has 0 saturated heterocycles. The second-order valence-electron chi connectivity index (χ2n) is 15.6. The Morgan fingerprint density at radius 3 is 1.08 bits per heavy atom. The molecule has 0 radical (unpaired) electrons. The molecule has 0 amide bonds. The minimum absolute atomic E-state index is 0.0322. The molecule has 1 atom stereocenters. The molecule has 0 N–H and O–H groups in total. The predicted octanol–water partition coefficient (Wildman–Crippen LogP) is 16.8. The standard InChI is InChI=1S/C57H90O5/c1-4-7-10-13-16-19-22-25-28-31-34-37-40-43-46-49-52-60-53-55(62-57(59)51-48-45-42-39-36-33-30-27-24-21-18-15-12-9-6-3)54-61-56(58)50-47-44-41-38-35-32-29-26-23-20-17-14-11-8-5-2/h7-12,16-21,25-30,35-36,38-39,55H,4-6,13-15,22-24,31-34,37,40-54H2,1-3H3/b10-7-,11-8-,12-9-,19-16-,20-17-,21-18-,28-25-,29-26-,30-27-,38-35-,39-36-. The van der Waals surface area contributed by atoms with Crippen molar-refractivity contribution in [2.24, 2.45) is 0 Å². The van der Waals surface area contributed by atoms with Crippen molar-refractivity contribution in [2.45, 2.75) is 194 Å². The highest BCUT2D eigenvalue weighted by atomic mass is 16.6. The van der Waals surface area contributed by atoms with E-state index < -0.39 is 6.10 Å². The Hall–Kier alpha value is -3.96. The number of hydrogen-bond acceptors (Lipinski definition) is 5. The maximum absolute atomic E-state index is 12.8. The van der Waals surface area contributed by atoms with Crippen LogP contribution in [0, 0.1) is 0 Å². The number of carbonyl (C=O) groups excluding carboxylic acids is 2. The van der Waals surface area contributed by atoms with Crippen molar-refractivity contribution >= 4 is 11.9 Å². The summed E-state index contributed by atoms with van der Waals surface area (Å²) in [5.41, 5.74) is 0. The minimum Gasteiger partial charge on any atom is -0.462 e. The van der Waals surface area contributed by atoms with Crippen LogP contribution in [0.15, 0.2) is 134 Å². The summed E-state index contributed by atoms with van der Waals surface area (Å²) in [6, 6.07) is 0. The topological polar surface area (TPSA) is 61.8 Å². The fourth-order valence-electron chi connectivity index (χ4n) is 6.09. The van der Waals surface area contributed by atoms with Gasteiger partial charge in [-0.15, -0.1) is 0 Å². The average molecular weight is 855 g/mol. The van der Waals surface area contributed by atoms with Gasteiger partial charge in [-0.3, -0.25) is 9.59 Å². The molecule has 0 aliphatic rings. The van der Waals surface area contributed by atoms with Crippen molar-refractivity contribution in [3.8, 4) is 0 Å². The van der Waals surface area contributed by atoms with Crippen LogP contribution in [0.5, 0.6) is 0 Å². The first-order valence-corrected chi connectivity index (χ1v) is 24.7. The van der Waals surface area contributed by atoms with Crippen LogP contribution in [0.3, 0.4) is 0 Å². The van der Waals surface area contributed by atoms with Gasteiger partial charge in [-0.25, -0.2) is 0 Å². The van der Waals surface area contributed by atoms with Gasteiger partial charge in [0.15, 0.2) is 6.10 Å². The molecule has 0 rings (SSSR count). The highest BCUT2D eigenvalue weighted by Crippen LogP contribution is 2.11. The summed E-state index contributed by atoms with van der Waals surface area (Å²) in [4.78, 5) is 25.3. The molecule has 5 nitrogen and oxygen atoms in total. The maximum atomic E-state index is 12.8. The Bertz CT molecular complexity index is 1330. The zero-order valence-corrected chi connectivity index (χ0v) is 39.8. The van der Waals surface area contributed by atoms with Crippen molar-refractivity contribution in [1.29, 1.82) is 0 Å². The van der Waals surface area contributed by atoms with Gasteiger partial charge in [0.2, 0.25) is 0 Å². The molecule has 5 heteroatoms. The van der Waals surface area contributed by atoms with Gasteiger partial charge in [0.05, 0.1) is 6.61 Å². The molecule has 0 saturated carbocycles. The molecule has 0 aliphatic heterocycles. The Kier molecular flexibility index (Phi) is 48.1. The van der Waals surface area contributed by atoms with E-state index in [0.717, 1.165) is 128 Å². The quantitative estimate of drug-likeness (QED) is 0.0347. The molecular weight excluding hydrogens is 765 g/mol. The van der Waals surface area contributed by atoms with Crippen LogP contribution in [0.1, 0.15) is 188 Å². The van der Waals surface area contributed by atoms with Gasteiger partial charge >= 0.3 is 11.9 Å². The van der Waals surface area contributed by atoms with Crippen molar-refractivity contribution in [1.82, 2.24) is 0 Å². The Morgan fingerprint density at radius 1 is 0.355 bits per heavy atom. The second-order valence-corrected chi connectivity index (χ2v) is 15.6. The number of rotatable bonds is 43. The lowest BCUT2D eigenvalue weighted by atomic mass is 10.1. The number of ether oxygens (including phenoxy) is 3. The van der Waals surface area contributed by atoms with Crippen molar-refractivity contribution in [3.63, 3.8) is 0 Å². The average Bonchev–Trinajstić information content (AvgIpc) is 3.27.